The quantitative estimate of drug-likeness (QED) is 0.732. The Labute approximate surface area is 133 Å². The SMILES string of the molecule is CCCNCc1ccc(OCc2ccc(Br)cc2F)cc1. The van der Waals surface area contributed by atoms with Gasteiger partial charge < -0.3 is 10.1 Å². The first kappa shape index (κ1) is 16.0. The van der Waals surface area contributed by atoms with Crippen molar-refractivity contribution in [3.8, 4) is 5.75 Å². The maximum absolute atomic E-state index is 13.7. The lowest BCUT2D eigenvalue weighted by Crippen LogP contribution is -2.13. The molecular weight excluding hydrogens is 333 g/mol. The van der Waals surface area contributed by atoms with Crippen LogP contribution < -0.4 is 10.1 Å². The van der Waals surface area contributed by atoms with Crippen molar-refractivity contribution in [1.29, 1.82) is 0 Å². The van der Waals surface area contributed by atoms with Crippen LogP contribution in [0.25, 0.3) is 0 Å². The lowest BCUT2D eigenvalue weighted by atomic mass is 10.2. The van der Waals surface area contributed by atoms with Crippen LogP contribution in [0.2, 0.25) is 0 Å². The molecular formula is C17H19BrFNO. The van der Waals surface area contributed by atoms with E-state index in [-0.39, 0.29) is 12.4 Å². The number of rotatable bonds is 7. The summed E-state index contributed by atoms with van der Waals surface area (Å²) in [6.07, 6.45) is 1.12. The van der Waals surface area contributed by atoms with Crippen LogP contribution in [-0.4, -0.2) is 6.54 Å². The molecule has 0 fully saturated rings. The number of nitrogens with one attached hydrogen (secondary N) is 1. The number of halogens is 2. The molecule has 2 nitrogen and oxygen atoms in total. The van der Waals surface area contributed by atoms with Crippen molar-refractivity contribution in [2.75, 3.05) is 6.54 Å². The number of benzene rings is 2. The standard InChI is InChI=1S/C17H19BrFNO/c1-2-9-20-11-13-3-7-16(8-4-13)21-12-14-5-6-15(18)10-17(14)19/h3-8,10,20H,2,9,11-12H2,1H3. The fraction of sp³-hybridized carbons (Fsp3) is 0.294. The predicted octanol–water partition coefficient (Wildman–Crippen LogP) is 4.67. The molecule has 0 heterocycles. The van der Waals surface area contributed by atoms with E-state index >= 15 is 0 Å². The molecule has 0 aliphatic rings. The molecule has 0 atom stereocenters. The van der Waals surface area contributed by atoms with Crippen molar-refractivity contribution in [3.63, 3.8) is 0 Å². The molecule has 4 heteroatoms. The van der Waals surface area contributed by atoms with Gasteiger partial charge in [0.2, 0.25) is 0 Å². The molecule has 0 aliphatic carbocycles. The maximum Gasteiger partial charge on any atom is 0.130 e. The van der Waals surface area contributed by atoms with Gasteiger partial charge >= 0.3 is 0 Å². The summed E-state index contributed by atoms with van der Waals surface area (Å²) in [6.45, 7) is 4.24. The third kappa shape index (κ3) is 5.14. The summed E-state index contributed by atoms with van der Waals surface area (Å²) in [6, 6.07) is 12.9. The van der Waals surface area contributed by atoms with Gasteiger partial charge in [0.05, 0.1) is 0 Å². The van der Waals surface area contributed by atoms with Crippen LogP contribution in [0.3, 0.4) is 0 Å². The van der Waals surface area contributed by atoms with Crippen molar-refractivity contribution in [2.45, 2.75) is 26.5 Å². The normalized spacial score (nSPS) is 10.6. The topological polar surface area (TPSA) is 21.3 Å². The highest BCUT2D eigenvalue weighted by Gasteiger charge is 2.04. The highest BCUT2D eigenvalue weighted by Crippen LogP contribution is 2.18. The van der Waals surface area contributed by atoms with Crippen LogP contribution in [-0.2, 0) is 13.2 Å². The second kappa shape index (κ2) is 8.15. The molecule has 2 rings (SSSR count). The zero-order chi connectivity index (χ0) is 15.1. The highest BCUT2D eigenvalue weighted by molar-refractivity contribution is 9.10. The van der Waals surface area contributed by atoms with Gasteiger partial charge in [0.25, 0.3) is 0 Å². The first-order valence-electron chi connectivity index (χ1n) is 7.05. The van der Waals surface area contributed by atoms with Crippen LogP contribution in [0.4, 0.5) is 4.39 Å². The molecule has 0 saturated heterocycles. The van der Waals surface area contributed by atoms with E-state index in [0.29, 0.717) is 5.56 Å². The van der Waals surface area contributed by atoms with Gasteiger partial charge in [-0.1, -0.05) is 41.1 Å². The van der Waals surface area contributed by atoms with E-state index in [4.69, 9.17) is 4.74 Å². The van der Waals surface area contributed by atoms with E-state index in [1.54, 1.807) is 6.07 Å². The van der Waals surface area contributed by atoms with Crippen LogP contribution in [0.5, 0.6) is 5.75 Å². The average molecular weight is 352 g/mol. The Morgan fingerprint density at radius 1 is 1.14 bits per heavy atom. The molecule has 2 aromatic rings. The monoisotopic (exact) mass is 351 g/mol. The molecule has 0 radical (unpaired) electrons. The maximum atomic E-state index is 13.7. The minimum absolute atomic E-state index is 0.229. The summed E-state index contributed by atoms with van der Waals surface area (Å²) < 4.78 is 20.0. The Morgan fingerprint density at radius 2 is 1.90 bits per heavy atom. The second-order valence-electron chi connectivity index (χ2n) is 4.85. The molecule has 112 valence electrons. The molecule has 0 aliphatic heterocycles. The molecule has 0 spiro atoms. The van der Waals surface area contributed by atoms with Crippen molar-refractivity contribution in [2.24, 2.45) is 0 Å². The zero-order valence-electron chi connectivity index (χ0n) is 12.0. The molecule has 0 saturated carbocycles. The second-order valence-corrected chi connectivity index (χ2v) is 5.76. The van der Waals surface area contributed by atoms with Crippen LogP contribution in [0.1, 0.15) is 24.5 Å². The van der Waals surface area contributed by atoms with Crippen LogP contribution in [0.15, 0.2) is 46.9 Å². The van der Waals surface area contributed by atoms with E-state index in [2.05, 4.69) is 28.2 Å². The van der Waals surface area contributed by atoms with Gasteiger partial charge in [-0.2, -0.15) is 0 Å². The van der Waals surface area contributed by atoms with Gasteiger partial charge in [0.1, 0.15) is 18.2 Å². The lowest BCUT2D eigenvalue weighted by molar-refractivity contribution is 0.299. The smallest absolute Gasteiger partial charge is 0.130 e. The van der Waals surface area contributed by atoms with Crippen LogP contribution in [0, 0.1) is 5.82 Å². The summed E-state index contributed by atoms with van der Waals surface area (Å²) in [5, 5.41) is 3.35. The summed E-state index contributed by atoms with van der Waals surface area (Å²) in [5.41, 5.74) is 1.76. The number of ether oxygens (including phenoxy) is 1. The first-order valence-corrected chi connectivity index (χ1v) is 7.84. The summed E-state index contributed by atoms with van der Waals surface area (Å²) >= 11 is 3.24. The lowest BCUT2D eigenvalue weighted by Gasteiger charge is -2.09. The minimum atomic E-state index is -0.259. The van der Waals surface area contributed by atoms with Crippen molar-refractivity contribution in [1.82, 2.24) is 5.32 Å². The van der Waals surface area contributed by atoms with E-state index in [9.17, 15) is 4.39 Å². The van der Waals surface area contributed by atoms with Gasteiger partial charge in [0, 0.05) is 16.6 Å². The van der Waals surface area contributed by atoms with E-state index in [1.807, 2.05) is 30.3 Å². The van der Waals surface area contributed by atoms with Gasteiger partial charge in [0.15, 0.2) is 0 Å². The Hall–Kier alpha value is -1.39. The van der Waals surface area contributed by atoms with Crippen LogP contribution >= 0.6 is 15.9 Å². The molecule has 21 heavy (non-hydrogen) atoms. The van der Waals surface area contributed by atoms with Gasteiger partial charge in [-0.25, -0.2) is 4.39 Å². The molecule has 0 bridgehead atoms. The van der Waals surface area contributed by atoms with Gasteiger partial charge in [-0.15, -0.1) is 0 Å². The number of hydrogen-bond acceptors (Lipinski definition) is 2. The van der Waals surface area contributed by atoms with Gasteiger partial charge in [-0.3, -0.25) is 0 Å². The molecule has 2 aromatic carbocycles. The fourth-order valence-electron chi connectivity index (χ4n) is 1.91. The molecule has 0 aromatic heterocycles. The number of hydrogen-bond donors (Lipinski definition) is 1. The zero-order valence-corrected chi connectivity index (χ0v) is 13.6. The Balaban J connectivity index is 1.88. The summed E-state index contributed by atoms with van der Waals surface area (Å²) in [5.74, 6) is 0.487. The summed E-state index contributed by atoms with van der Waals surface area (Å²) in [7, 11) is 0. The highest BCUT2D eigenvalue weighted by atomic mass is 79.9. The third-order valence-corrected chi connectivity index (χ3v) is 3.58. The van der Waals surface area contributed by atoms with Crippen molar-refractivity contribution < 1.29 is 9.13 Å². The van der Waals surface area contributed by atoms with Crippen molar-refractivity contribution >= 4 is 15.9 Å². The predicted molar refractivity (Wildman–Crippen MR) is 86.9 cm³/mol. The van der Waals surface area contributed by atoms with E-state index in [0.717, 1.165) is 29.7 Å². The Bertz CT molecular complexity index is 572. The first-order chi connectivity index (χ1) is 10.2. The average Bonchev–Trinajstić information content (AvgIpc) is 2.48. The van der Waals surface area contributed by atoms with E-state index in [1.165, 1.54) is 11.6 Å². The van der Waals surface area contributed by atoms with Gasteiger partial charge in [-0.05, 0) is 42.8 Å². The largest absolute Gasteiger partial charge is 0.489 e. The van der Waals surface area contributed by atoms with E-state index < -0.39 is 0 Å². The fourth-order valence-corrected chi connectivity index (χ4v) is 2.25. The van der Waals surface area contributed by atoms with Crippen molar-refractivity contribution in [3.05, 3.63) is 63.9 Å². The Morgan fingerprint density at radius 3 is 2.57 bits per heavy atom. The Kier molecular flexibility index (Phi) is 6.21. The molecule has 1 N–H and O–H groups in total. The molecule has 0 amide bonds. The third-order valence-electron chi connectivity index (χ3n) is 3.09. The minimum Gasteiger partial charge on any atom is -0.489 e. The molecule has 0 unspecified atom stereocenters. The summed E-state index contributed by atoms with van der Waals surface area (Å²) in [4.78, 5) is 0.